The van der Waals surface area contributed by atoms with Crippen LogP contribution in [-0.4, -0.2) is 39.5 Å². The highest BCUT2D eigenvalue weighted by Crippen LogP contribution is 2.33. The van der Waals surface area contributed by atoms with Gasteiger partial charge in [-0.3, -0.25) is 9.36 Å². The van der Waals surface area contributed by atoms with E-state index < -0.39 is 21.4 Å². The Labute approximate surface area is 242 Å². The van der Waals surface area contributed by atoms with Crippen molar-refractivity contribution in [1.82, 2.24) is 9.72 Å². The summed E-state index contributed by atoms with van der Waals surface area (Å²) in [7, 11) is 0.173. The zero-order valence-corrected chi connectivity index (χ0v) is 24.4. The first-order chi connectivity index (χ1) is 19.7. The standard InChI is InChI=1S/C28H23BrFN3O7S/c1-37-19-6-4-18(25(13-19)38-2)16-32(27-10-11-40-31-27)41(35,36)20-7-8-23-17(12-20)5-9-28(34)33(23)24-15-22(30)21(29)14-26(24)39-3/h4-15H,16H2,1-3H3. The van der Waals surface area contributed by atoms with Crippen molar-refractivity contribution in [3.8, 4) is 22.9 Å². The molecule has 13 heteroatoms. The first-order valence-electron chi connectivity index (χ1n) is 12.0. The topological polar surface area (TPSA) is 113 Å². The Hall–Kier alpha value is -4.36. The van der Waals surface area contributed by atoms with E-state index in [1.54, 1.807) is 18.2 Å². The first kappa shape index (κ1) is 28.2. The molecule has 5 rings (SSSR count). The quantitative estimate of drug-likeness (QED) is 0.213. The van der Waals surface area contributed by atoms with Crippen molar-refractivity contribution in [2.45, 2.75) is 11.4 Å². The number of anilines is 1. The zero-order chi connectivity index (χ0) is 29.3. The van der Waals surface area contributed by atoms with E-state index in [2.05, 4.69) is 21.1 Å². The van der Waals surface area contributed by atoms with Gasteiger partial charge < -0.3 is 18.7 Å². The number of halogens is 2. The van der Waals surface area contributed by atoms with Crippen LogP contribution in [0.3, 0.4) is 0 Å². The van der Waals surface area contributed by atoms with E-state index >= 15 is 0 Å². The third kappa shape index (κ3) is 5.25. The molecule has 0 saturated heterocycles. The van der Waals surface area contributed by atoms with Gasteiger partial charge in [-0.25, -0.2) is 17.1 Å². The second kappa shape index (κ2) is 11.3. The zero-order valence-electron chi connectivity index (χ0n) is 22.0. The van der Waals surface area contributed by atoms with Gasteiger partial charge in [0.25, 0.3) is 15.6 Å². The molecule has 212 valence electrons. The Balaban J connectivity index is 1.63. The maximum atomic E-state index is 14.5. The van der Waals surface area contributed by atoms with Crippen LogP contribution in [0.25, 0.3) is 16.6 Å². The minimum Gasteiger partial charge on any atom is -0.497 e. The molecule has 0 saturated carbocycles. The molecule has 0 bridgehead atoms. The summed E-state index contributed by atoms with van der Waals surface area (Å²) in [6, 6.07) is 16.1. The van der Waals surface area contributed by atoms with Gasteiger partial charge in [-0.05, 0) is 58.4 Å². The molecular formula is C28H23BrFN3O7S. The monoisotopic (exact) mass is 643 g/mol. The number of sulfonamides is 1. The average molecular weight is 644 g/mol. The molecule has 0 unspecified atom stereocenters. The van der Waals surface area contributed by atoms with Crippen molar-refractivity contribution in [2.24, 2.45) is 0 Å². The minimum absolute atomic E-state index is 0.0583. The van der Waals surface area contributed by atoms with E-state index in [1.807, 2.05) is 0 Å². The summed E-state index contributed by atoms with van der Waals surface area (Å²) in [6.45, 7) is -0.130. The van der Waals surface area contributed by atoms with Gasteiger partial charge in [-0.1, -0.05) is 5.16 Å². The number of hydrogen-bond acceptors (Lipinski definition) is 8. The molecule has 0 aliphatic heterocycles. The molecule has 2 heterocycles. The van der Waals surface area contributed by atoms with Crippen LogP contribution in [0, 0.1) is 5.82 Å². The predicted molar refractivity (Wildman–Crippen MR) is 153 cm³/mol. The molecule has 2 aromatic heterocycles. The normalized spacial score (nSPS) is 11.4. The maximum absolute atomic E-state index is 14.5. The molecule has 3 aromatic carbocycles. The fraction of sp³-hybridized carbons (Fsp3) is 0.143. The third-order valence-electron chi connectivity index (χ3n) is 6.40. The molecule has 0 N–H and O–H groups in total. The predicted octanol–water partition coefficient (Wildman–Crippen LogP) is 5.30. The fourth-order valence-corrected chi connectivity index (χ4v) is 6.12. The average Bonchev–Trinajstić information content (AvgIpc) is 3.51. The summed E-state index contributed by atoms with van der Waals surface area (Å²) < 4.78 is 66.2. The van der Waals surface area contributed by atoms with Crippen LogP contribution in [0.2, 0.25) is 0 Å². The lowest BCUT2D eigenvalue weighted by atomic mass is 10.2. The smallest absolute Gasteiger partial charge is 0.265 e. The van der Waals surface area contributed by atoms with Crippen molar-refractivity contribution in [2.75, 3.05) is 25.6 Å². The number of pyridine rings is 1. The highest BCUT2D eigenvalue weighted by Gasteiger charge is 2.29. The Morgan fingerprint density at radius 3 is 2.41 bits per heavy atom. The van der Waals surface area contributed by atoms with Crippen LogP contribution in [0.15, 0.2) is 91.7 Å². The molecule has 0 fully saturated rings. The van der Waals surface area contributed by atoms with Gasteiger partial charge in [-0.2, -0.15) is 0 Å². The number of ether oxygens (including phenoxy) is 3. The number of aromatic nitrogens is 2. The van der Waals surface area contributed by atoms with E-state index in [0.29, 0.717) is 28.0 Å². The Bertz CT molecular complexity index is 1910. The minimum atomic E-state index is -4.22. The van der Waals surface area contributed by atoms with Crippen molar-refractivity contribution in [3.05, 3.63) is 99.2 Å². The number of rotatable bonds is 9. The van der Waals surface area contributed by atoms with E-state index in [9.17, 15) is 17.6 Å². The first-order valence-corrected chi connectivity index (χ1v) is 14.2. The third-order valence-corrected chi connectivity index (χ3v) is 8.76. The van der Waals surface area contributed by atoms with Crippen LogP contribution in [-0.2, 0) is 16.6 Å². The number of nitrogens with zero attached hydrogens (tertiary/aromatic N) is 3. The Morgan fingerprint density at radius 2 is 1.73 bits per heavy atom. The lowest BCUT2D eigenvalue weighted by Crippen LogP contribution is -2.31. The Kier molecular flexibility index (Phi) is 7.74. The van der Waals surface area contributed by atoms with E-state index in [0.717, 1.165) is 4.31 Å². The molecule has 5 aromatic rings. The summed E-state index contributed by atoms with van der Waals surface area (Å²) in [5.41, 5.74) is 0.610. The van der Waals surface area contributed by atoms with Gasteiger partial charge in [0, 0.05) is 35.2 Å². The molecule has 0 aliphatic carbocycles. The van der Waals surface area contributed by atoms with Crippen LogP contribution in [0.5, 0.6) is 17.2 Å². The molecular weight excluding hydrogens is 621 g/mol. The second-order valence-corrected chi connectivity index (χ2v) is 11.4. The molecule has 0 atom stereocenters. The van der Waals surface area contributed by atoms with E-state index in [-0.39, 0.29) is 33.2 Å². The van der Waals surface area contributed by atoms with Crippen LogP contribution >= 0.6 is 15.9 Å². The van der Waals surface area contributed by atoms with Crippen molar-refractivity contribution in [3.63, 3.8) is 0 Å². The fourth-order valence-electron chi connectivity index (χ4n) is 4.38. The number of fused-ring (bicyclic) bond motifs is 1. The van der Waals surface area contributed by atoms with Crippen LogP contribution in [0.1, 0.15) is 5.56 Å². The molecule has 0 amide bonds. The lowest BCUT2D eigenvalue weighted by Gasteiger charge is -2.23. The number of hydrogen-bond donors (Lipinski definition) is 0. The van der Waals surface area contributed by atoms with Crippen molar-refractivity contribution >= 4 is 42.7 Å². The molecule has 0 aliphatic rings. The summed E-state index contributed by atoms with van der Waals surface area (Å²) in [5.74, 6) is 0.676. The molecule has 10 nitrogen and oxygen atoms in total. The lowest BCUT2D eigenvalue weighted by molar-refractivity contribution is 0.391. The summed E-state index contributed by atoms with van der Waals surface area (Å²) >= 11 is 3.12. The SMILES string of the molecule is COc1ccc(CN(c2ccon2)S(=O)(=O)c2ccc3c(ccc(=O)n3-c3cc(F)c(Br)cc3OC)c2)c(OC)c1. The van der Waals surface area contributed by atoms with Gasteiger partial charge in [0.1, 0.15) is 29.3 Å². The summed E-state index contributed by atoms with van der Waals surface area (Å²) in [6.07, 6.45) is 1.27. The highest BCUT2D eigenvalue weighted by atomic mass is 79.9. The molecule has 0 spiro atoms. The largest absolute Gasteiger partial charge is 0.497 e. The number of benzene rings is 3. The van der Waals surface area contributed by atoms with Gasteiger partial charge >= 0.3 is 0 Å². The van der Waals surface area contributed by atoms with Crippen LogP contribution in [0.4, 0.5) is 10.2 Å². The van der Waals surface area contributed by atoms with Gasteiger partial charge in [-0.15, -0.1) is 0 Å². The Morgan fingerprint density at radius 1 is 0.951 bits per heavy atom. The highest BCUT2D eigenvalue weighted by molar-refractivity contribution is 9.10. The van der Waals surface area contributed by atoms with Crippen LogP contribution < -0.4 is 24.1 Å². The van der Waals surface area contributed by atoms with E-state index in [1.165, 1.54) is 80.7 Å². The maximum Gasteiger partial charge on any atom is 0.265 e. The van der Waals surface area contributed by atoms with E-state index in [4.69, 9.17) is 18.7 Å². The van der Waals surface area contributed by atoms with Crippen molar-refractivity contribution in [1.29, 1.82) is 0 Å². The van der Waals surface area contributed by atoms with Crippen molar-refractivity contribution < 1.29 is 31.5 Å². The van der Waals surface area contributed by atoms with Gasteiger partial charge in [0.05, 0.1) is 48.4 Å². The number of methoxy groups -OCH3 is 3. The van der Waals surface area contributed by atoms with Gasteiger partial charge in [0.15, 0.2) is 5.82 Å². The second-order valence-electron chi connectivity index (χ2n) is 8.71. The molecule has 41 heavy (non-hydrogen) atoms. The summed E-state index contributed by atoms with van der Waals surface area (Å²) in [4.78, 5) is 12.9. The molecule has 0 radical (unpaired) electrons. The summed E-state index contributed by atoms with van der Waals surface area (Å²) in [5, 5.41) is 4.28. The van der Waals surface area contributed by atoms with Gasteiger partial charge in [0.2, 0.25) is 0 Å².